The van der Waals surface area contributed by atoms with Crippen molar-refractivity contribution in [1.29, 1.82) is 0 Å². The Hall–Kier alpha value is -3.03. The minimum atomic E-state index is -0.408. The first-order valence-electron chi connectivity index (χ1n) is 9.10. The minimum Gasteiger partial charge on any atom is -0.454 e. The molecule has 0 amide bonds. The summed E-state index contributed by atoms with van der Waals surface area (Å²) in [7, 11) is 0. The fourth-order valence-electron chi connectivity index (χ4n) is 2.91. The molecule has 0 aliphatic heterocycles. The molecule has 0 radical (unpaired) electrons. The smallest absolute Gasteiger partial charge is 0.342 e. The summed E-state index contributed by atoms with van der Waals surface area (Å²) in [6.07, 6.45) is 2.01. The Labute approximate surface area is 158 Å². The van der Waals surface area contributed by atoms with Crippen LogP contribution in [0, 0.1) is 13.8 Å². The number of esters is 1. The van der Waals surface area contributed by atoms with Gasteiger partial charge in [0.2, 0.25) is 0 Å². The van der Waals surface area contributed by atoms with Gasteiger partial charge in [-0.3, -0.25) is 4.68 Å². The first-order chi connectivity index (χ1) is 13.1. The van der Waals surface area contributed by atoms with Crippen molar-refractivity contribution in [2.45, 2.75) is 53.3 Å². The predicted octanol–water partition coefficient (Wildman–Crippen LogP) is 2.69. The normalized spacial score (nSPS) is 10.9. The van der Waals surface area contributed by atoms with E-state index >= 15 is 0 Å². The van der Waals surface area contributed by atoms with Crippen molar-refractivity contribution in [2.24, 2.45) is 0 Å². The number of carbonyl (C=O) groups excluding carboxylic acids is 1. The second-order valence-electron chi connectivity index (χ2n) is 6.44. The zero-order chi connectivity index (χ0) is 19.2. The van der Waals surface area contributed by atoms with Crippen molar-refractivity contribution < 1.29 is 9.53 Å². The fraction of sp³-hybridized carbons (Fsp3) is 0.421. The molecule has 3 rings (SSSR count). The minimum absolute atomic E-state index is 0.0400. The Morgan fingerprint density at radius 1 is 1.15 bits per heavy atom. The van der Waals surface area contributed by atoms with E-state index in [1.807, 2.05) is 48.9 Å². The average Bonchev–Trinajstić information content (AvgIpc) is 3.23. The number of unbranched alkanes of at least 4 members (excludes halogenated alkanes) is 1. The van der Waals surface area contributed by atoms with Crippen molar-refractivity contribution in [2.75, 3.05) is 0 Å². The lowest BCUT2D eigenvalue weighted by Crippen LogP contribution is -2.12. The van der Waals surface area contributed by atoms with Crippen LogP contribution in [0.15, 0.2) is 30.3 Å². The fourth-order valence-corrected chi connectivity index (χ4v) is 2.91. The molecular weight excluding hydrogens is 344 g/mol. The van der Waals surface area contributed by atoms with Crippen LogP contribution in [0.3, 0.4) is 0 Å². The van der Waals surface area contributed by atoms with Crippen molar-refractivity contribution >= 4 is 5.97 Å². The van der Waals surface area contributed by atoms with E-state index in [1.165, 1.54) is 0 Å². The maximum absolute atomic E-state index is 12.6. The molecule has 0 bridgehead atoms. The number of hydrogen-bond donors (Lipinski definition) is 0. The predicted molar refractivity (Wildman–Crippen MR) is 99.1 cm³/mol. The van der Waals surface area contributed by atoms with Gasteiger partial charge in [-0.05, 0) is 36.3 Å². The van der Waals surface area contributed by atoms with Crippen LogP contribution < -0.4 is 0 Å². The van der Waals surface area contributed by atoms with E-state index in [-0.39, 0.29) is 6.61 Å². The lowest BCUT2D eigenvalue weighted by atomic mass is 10.2. The van der Waals surface area contributed by atoms with E-state index in [0.29, 0.717) is 30.2 Å². The molecule has 0 unspecified atom stereocenters. The third-order valence-corrected chi connectivity index (χ3v) is 4.42. The number of tetrazole rings is 1. The van der Waals surface area contributed by atoms with E-state index in [1.54, 1.807) is 4.68 Å². The van der Waals surface area contributed by atoms with Crippen LogP contribution in [0.5, 0.6) is 0 Å². The summed E-state index contributed by atoms with van der Waals surface area (Å²) in [4.78, 5) is 12.6. The Balaban J connectivity index is 1.69. The van der Waals surface area contributed by atoms with Gasteiger partial charge in [0, 0.05) is 6.54 Å². The van der Waals surface area contributed by atoms with Crippen LogP contribution in [0.1, 0.15) is 52.9 Å². The summed E-state index contributed by atoms with van der Waals surface area (Å²) < 4.78 is 8.96. The van der Waals surface area contributed by atoms with Crippen LogP contribution in [0.4, 0.5) is 0 Å². The Morgan fingerprint density at radius 3 is 2.67 bits per heavy atom. The second kappa shape index (κ2) is 8.57. The molecule has 1 aromatic carbocycles. The molecule has 3 aromatic rings. The highest BCUT2D eigenvalue weighted by Gasteiger charge is 2.21. The summed E-state index contributed by atoms with van der Waals surface area (Å²) in [5.41, 5.74) is 3.06. The van der Waals surface area contributed by atoms with Crippen molar-refractivity contribution in [3.8, 4) is 0 Å². The highest BCUT2D eigenvalue weighted by molar-refractivity contribution is 5.91. The van der Waals surface area contributed by atoms with Crippen LogP contribution in [0.2, 0.25) is 0 Å². The molecule has 2 aromatic heterocycles. The number of aryl methyl sites for hydroxylation is 2. The molecular formula is C19H24N6O2. The molecule has 8 heteroatoms. The molecule has 27 heavy (non-hydrogen) atoms. The SMILES string of the molecule is CCCCn1nnnc1COC(=O)c1c(C)nn(Cc2ccccc2)c1C. The number of carbonyl (C=O) groups is 1. The molecule has 0 spiro atoms. The van der Waals surface area contributed by atoms with Crippen LogP contribution >= 0.6 is 0 Å². The molecule has 142 valence electrons. The number of rotatable bonds is 8. The largest absolute Gasteiger partial charge is 0.454 e. The monoisotopic (exact) mass is 368 g/mol. The van der Waals surface area contributed by atoms with Crippen LogP contribution in [0.25, 0.3) is 0 Å². The van der Waals surface area contributed by atoms with Gasteiger partial charge in [-0.1, -0.05) is 43.7 Å². The van der Waals surface area contributed by atoms with E-state index in [2.05, 4.69) is 27.5 Å². The van der Waals surface area contributed by atoms with Gasteiger partial charge >= 0.3 is 5.97 Å². The van der Waals surface area contributed by atoms with Gasteiger partial charge in [0.05, 0.1) is 17.9 Å². The Bertz CT molecular complexity index is 900. The summed E-state index contributed by atoms with van der Waals surface area (Å²) in [5, 5.41) is 16.0. The summed E-state index contributed by atoms with van der Waals surface area (Å²) in [6.45, 7) is 7.15. The lowest BCUT2D eigenvalue weighted by molar-refractivity contribution is 0.0454. The van der Waals surface area contributed by atoms with Gasteiger partial charge in [-0.15, -0.1) is 5.10 Å². The highest BCUT2D eigenvalue weighted by Crippen LogP contribution is 2.16. The number of ether oxygens (including phenoxy) is 1. The van der Waals surface area contributed by atoms with E-state index in [4.69, 9.17) is 4.74 Å². The quantitative estimate of drug-likeness (QED) is 0.568. The third kappa shape index (κ3) is 4.39. The molecule has 8 nitrogen and oxygen atoms in total. The molecule has 0 atom stereocenters. The maximum Gasteiger partial charge on any atom is 0.342 e. The van der Waals surface area contributed by atoms with Gasteiger partial charge in [-0.2, -0.15) is 5.10 Å². The molecule has 0 N–H and O–H groups in total. The standard InChI is InChI=1S/C19H24N6O2/c1-4-5-11-24-17(20-22-23-24)13-27-19(26)18-14(2)21-25(15(18)3)12-16-9-7-6-8-10-16/h6-10H,4-5,11-13H2,1-3H3. The van der Waals surface area contributed by atoms with Gasteiger partial charge in [-0.25, -0.2) is 9.48 Å². The zero-order valence-electron chi connectivity index (χ0n) is 15.9. The van der Waals surface area contributed by atoms with Gasteiger partial charge in [0.25, 0.3) is 0 Å². The van der Waals surface area contributed by atoms with Gasteiger partial charge in [0.15, 0.2) is 12.4 Å². The van der Waals surface area contributed by atoms with E-state index in [0.717, 1.165) is 24.1 Å². The average molecular weight is 368 g/mol. The molecule has 0 fully saturated rings. The summed E-state index contributed by atoms with van der Waals surface area (Å²) in [6, 6.07) is 10.0. The number of nitrogens with zero attached hydrogens (tertiary/aromatic N) is 6. The number of aromatic nitrogens is 6. The van der Waals surface area contributed by atoms with Crippen molar-refractivity contribution in [3.63, 3.8) is 0 Å². The van der Waals surface area contributed by atoms with Gasteiger partial charge < -0.3 is 4.74 Å². The molecule has 0 saturated heterocycles. The van der Waals surface area contributed by atoms with Gasteiger partial charge in [0.1, 0.15) is 5.56 Å². The molecule has 0 aliphatic carbocycles. The first kappa shape index (κ1) is 18.8. The van der Waals surface area contributed by atoms with E-state index in [9.17, 15) is 4.79 Å². The summed E-state index contributed by atoms with van der Waals surface area (Å²) in [5.74, 6) is 0.137. The molecule has 0 saturated carbocycles. The van der Waals surface area contributed by atoms with E-state index < -0.39 is 5.97 Å². The Kier molecular flexibility index (Phi) is 5.95. The highest BCUT2D eigenvalue weighted by atomic mass is 16.5. The maximum atomic E-state index is 12.6. The zero-order valence-corrected chi connectivity index (χ0v) is 15.9. The van der Waals surface area contributed by atoms with Crippen LogP contribution in [-0.2, 0) is 24.4 Å². The topological polar surface area (TPSA) is 87.7 Å². The molecule has 2 heterocycles. The summed E-state index contributed by atoms with van der Waals surface area (Å²) >= 11 is 0. The third-order valence-electron chi connectivity index (χ3n) is 4.42. The number of benzene rings is 1. The van der Waals surface area contributed by atoms with Crippen LogP contribution in [-0.4, -0.2) is 36.0 Å². The molecule has 0 aliphatic rings. The lowest BCUT2D eigenvalue weighted by Gasteiger charge is -2.07. The van der Waals surface area contributed by atoms with Crippen molar-refractivity contribution in [3.05, 3.63) is 58.7 Å². The Morgan fingerprint density at radius 2 is 1.93 bits per heavy atom. The number of hydrogen-bond acceptors (Lipinski definition) is 6. The second-order valence-corrected chi connectivity index (χ2v) is 6.44. The van der Waals surface area contributed by atoms with Crippen molar-refractivity contribution in [1.82, 2.24) is 30.0 Å². The first-order valence-corrected chi connectivity index (χ1v) is 9.10.